The molecular formula is C51H31N3OS. The molecular weight excluding hydrogens is 703 g/mol. The van der Waals surface area contributed by atoms with Crippen molar-refractivity contribution in [3.05, 3.63) is 188 Å². The van der Waals surface area contributed by atoms with Gasteiger partial charge in [0.2, 0.25) is 0 Å². The van der Waals surface area contributed by atoms with Crippen molar-refractivity contribution in [2.24, 2.45) is 0 Å². The van der Waals surface area contributed by atoms with E-state index in [1.807, 2.05) is 59.9 Å². The van der Waals surface area contributed by atoms with E-state index in [9.17, 15) is 0 Å². The second-order valence-electron chi connectivity index (χ2n) is 13.9. The Morgan fingerprint density at radius 1 is 0.357 bits per heavy atom. The van der Waals surface area contributed by atoms with Crippen molar-refractivity contribution >= 4 is 53.4 Å². The number of aromatic nitrogens is 3. The van der Waals surface area contributed by atoms with Crippen LogP contribution >= 0.6 is 11.3 Å². The van der Waals surface area contributed by atoms with Crippen LogP contribution in [-0.2, 0) is 0 Å². The van der Waals surface area contributed by atoms with Crippen molar-refractivity contribution in [3.63, 3.8) is 0 Å². The van der Waals surface area contributed by atoms with Crippen molar-refractivity contribution in [2.75, 3.05) is 0 Å². The summed E-state index contributed by atoms with van der Waals surface area (Å²) in [6.07, 6.45) is 0. The molecule has 5 heteroatoms. The zero-order chi connectivity index (χ0) is 37.0. The van der Waals surface area contributed by atoms with Crippen molar-refractivity contribution in [1.82, 2.24) is 15.0 Å². The molecule has 0 saturated carbocycles. The summed E-state index contributed by atoms with van der Waals surface area (Å²) >= 11 is 1.85. The first-order valence-corrected chi connectivity index (χ1v) is 19.5. The molecule has 0 aliphatic heterocycles. The Labute approximate surface area is 327 Å². The molecule has 0 aliphatic rings. The van der Waals surface area contributed by atoms with Gasteiger partial charge >= 0.3 is 0 Å². The maximum Gasteiger partial charge on any atom is 0.164 e. The van der Waals surface area contributed by atoms with E-state index < -0.39 is 0 Å². The van der Waals surface area contributed by atoms with Gasteiger partial charge in [-0.3, -0.25) is 0 Å². The third kappa shape index (κ3) is 5.48. The topological polar surface area (TPSA) is 51.8 Å². The fourth-order valence-corrected chi connectivity index (χ4v) is 9.16. The largest absolute Gasteiger partial charge is 0.456 e. The molecule has 0 spiro atoms. The van der Waals surface area contributed by atoms with E-state index in [2.05, 4.69) is 140 Å². The minimum absolute atomic E-state index is 0.597. The summed E-state index contributed by atoms with van der Waals surface area (Å²) in [6, 6.07) is 65.6. The molecule has 0 aliphatic carbocycles. The Bertz CT molecular complexity index is 3230. The van der Waals surface area contributed by atoms with Gasteiger partial charge in [-0.1, -0.05) is 164 Å². The van der Waals surface area contributed by atoms with Gasteiger partial charge in [-0.15, -0.1) is 11.3 Å². The van der Waals surface area contributed by atoms with Gasteiger partial charge in [-0.25, -0.2) is 15.0 Å². The number of rotatable bonds is 6. The van der Waals surface area contributed by atoms with Gasteiger partial charge < -0.3 is 4.42 Å². The third-order valence-electron chi connectivity index (χ3n) is 10.6. The first-order valence-electron chi connectivity index (χ1n) is 18.7. The maximum absolute atomic E-state index is 6.71. The molecule has 3 aromatic heterocycles. The van der Waals surface area contributed by atoms with Crippen LogP contribution in [-0.4, -0.2) is 15.0 Å². The molecule has 0 N–H and O–H groups in total. The molecule has 11 aromatic rings. The average Bonchev–Trinajstić information content (AvgIpc) is 3.85. The van der Waals surface area contributed by atoms with Crippen LogP contribution in [0.25, 0.3) is 110 Å². The minimum atomic E-state index is 0.597. The van der Waals surface area contributed by atoms with Crippen LogP contribution in [0.3, 0.4) is 0 Å². The standard InChI is InChI=1S/C51H31N3OS/c1-4-13-32(14-5-1)33-23-25-36(26-24-33)50-52-49(35-17-8-3-9-18-35)53-51(54-50)42-20-12-21-43-47(42)41-28-27-37(31-44(41)55-43)46-38(34-15-6-2-7-16-34)29-30-40-39-19-10-11-22-45(39)56-48(40)46/h1-31H. The molecule has 0 bridgehead atoms. The molecule has 0 fully saturated rings. The summed E-state index contributed by atoms with van der Waals surface area (Å²) in [5.41, 5.74) is 11.4. The van der Waals surface area contributed by atoms with Gasteiger partial charge in [-0.2, -0.15) is 0 Å². The lowest BCUT2D eigenvalue weighted by molar-refractivity contribution is 0.669. The van der Waals surface area contributed by atoms with Crippen molar-refractivity contribution in [1.29, 1.82) is 0 Å². The molecule has 262 valence electrons. The predicted molar refractivity (Wildman–Crippen MR) is 233 cm³/mol. The maximum atomic E-state index is 6.71. The highest BCUT2D eigenvalue weighted by atomic mass is 32.1. The van der Waals surface area contributed by atoms with Gasteiger partial charge in [0.15, 0.2) is 17.5 Å². The third-order valence-corrected chi connectivity index (χ3v) is 11.8. The van der Waals surface area contributed by atoms with Crippen LogP contribution < -0.4 is 0 Å². The molecule has 56 heavy (non-hydrogen) atoms. The van der Waals surface area contributed by atoms with Crippen molar-refractivity contribution in [3.8, 4) is 67.5 Å². The second kappa shape index (κ2) is 13.3. The lowest BCUT2D eigenvalue weighted by Gasteiger charge is -2.12. The van der Waals surface area contributed by atoms with Crippen LogP contribution in [0.1, 0.15) is 0 Å². The van der Waals surface area contributed by atoms with Crippen LogP contribution in [0.4, 0.5) is 0 Å². The minimum Gasteiger partial charge on any atom is -0.456 e. The Morgan fingerprint density at radius 2 is 0.929 bits per heavy atom. The van der Waals surface area contributed by atoms with E-state index in [0.29, 0.717) is 17.5 Å². The summed E-state index contributed by atoms with van der Waals surface area (Å²) in [6.45, 7) is 0. The number of hydrogen-bond acceptors (Lipinski definition) is 5. The highest BCUT2D eigenvalue weighted by molar-refractivity contribution is 7.26. The van der Waals surface area contributed by atoms with E-state index in [-0.39, 0.29) is 0 Å². The highest BCUT2D eigenvalue weighted by Crippen LogP contribution is 2.46. The lowest BCUT2D eigenvalue weighted by Crippen LogP contribution is -2.00. The van der Waals surface area contributed by atoms with Gasteiger partial charge in [0.05, 0.1) is 0 Å². The number of furan rings is 1. The Balaban J connectivity index is 1.09. The van der Waals surface area contributed by atoms with Crippen molar-refractivity contribution < 1.29 is 4.42 Å². The SMILES string of the molecule is c1ccc(-c2ccc(-c3nc(-c4ccccc4)nc(-c4cccc5oc6cc(-c7c(-c8ccccc8)ccc8c7sc7ccccc78)ccc6c45)n3)cc2)cc1. The second-order valence-corrected chi connectivity index (χ2v) is 15.0. The lowest BCUT2D eigenvalue weighted by atomic mass is 9.92. The van der Waals surface area contributed by atoms with Gasteiger partial charge in [0, 0.05) is 53.2 Å². The normalized spacial score (nSPS) is 11.6. The Hall–Kier alpha value is -7.21. The van der Waals surface area contributed by atoms with E-state index in [4.69, 9.17) is 19.4 Å². The zero-order valence-corrected chi connectivity index (χ0v) is 30.9. The quantitative estimate of drug-likeness (QED) is 0.171. The monoisotopic (exact) mass is 733 g/mol. The Kier molecular flexibility index (Phi) is 7.64. The number of fused-ring (bicyclic) bond motifs is 6. The van der Waals surface area contributed by atoms with Crippen LogP contribution in [0, 0.1) is 0 Å². The van der Waals surface area contributed by atoms with E-state index in [0.717, 1.165) is 49.8 Å². The summed E-state index contributed by atoms with van der Waals surface area (Å²) in [5.74, 6) is 1.83. The Morgan fingerprint density at radius 3 is 1.68 bits per heavy atom. The van der Waals surface area contributed by atoms with E-state index in [1.165, 1.54) is 42.4 Å². The van der Waals surface area contributed by atoms with Gasteiger partial charge in [0.1, 0.15) is 11.2 Å². The molecule has 8 aromatic carbocycles. The number of benzene rings is 8. The summed E-state index contributed by atoms with van der Waals surface area (Å²) in [4.78, 5) is 15.3. The van der Waals surface area contributed by atoms with Gasteiger partial charge in [0.25, 0.3) is 0 Å². The van der Waals surface area contributed by atoms with Crippen molar-refractivity contribution in [2.45, 2.75) is 0 Å². The number of nitrogens with zero attached hydrogens (tertiary/aromatic N) is 3. The molecule has 0 amide bonds. The molecule has 0 atom stereocenters. The molecule has 3 heterocycles. The molecule has 0 radical (unpaired) electrons. The summed E-state index contributed by atoms with van der Waals surface area (Å²) < 4.78 is 9.26. The fourth-order valence-electron chi connectivity index (χ4n) is 7.89. The van der Waals surface area contributed by atoms with Crippen LogP contribution in [0.15, 0.2) is 192 Å². The fraction of sp³-hybridized carbons (Fsp3) is 0. The first kappa shape index (κ1) is 32.2. The molecule has 11 rings (SSSR count). The first-order chi connectivity index (χ1) is 27.7. The number of thiophene rings is 1. The molecule has 4 nitrogen and oxygen atoms in total. The van der Waals surface area contributed by atoms with Gasteiger partial charge in [-0.05, 0) is 52.1 Å². The van der Waals surface area contributed by atoms with Crippen LogP contribution in [0.5, 0.6) is 0 Å². The van der Waals surface area contributed by atoms with E-state index >= 15 is 0 Å². The summed E-state index contributed by atoms with van der Waals surface area (Å²) in [5, 5.41) is 4.54. The predicted octanol–water partition coefficient (Wildman–Crippen LogP) is 14.1. The average molecular weight is 734 g/mol. The van der Waals surface area contributed by atoms with E-state index in [1.54, 1.807) is 0 Å². The number of hydrogen-bond donors (Lipinski definition) is 0. The summed E-state index contributed by atoms with van der Waals surface area (Å²) in [7, 11) is 0. The smallest absolute Gasteiger partial charge is 0.164 e. The molecule has 0 saturated heterocycles. The highest BCUT2D eigenvalue weighted by Gasteiger charge is 2.21. The molecule has 0 unspecified atom stereocenters. The zero-order valence-electron chi connectivity index (χ0n) is 30.1. The van der Waals surface area contributed by atoms with Crippen LogP contribution in [0.2, 0.25) is 0 Å².